The number of methoxy groups -OCH3 is 1. The van der Waals surface area contributed by atoms with Crippen LogP contribution in [0.3, 0.4) is 0 Å². The summed E-state index contributed by atoms with van der Waals surface area (Å²) in [5.74, 6) is 1.71. The number of benzene rings is 1. The molecule has 0 N–H and O–H groups in total. The van der Waals surface area contributed by atoms with Gasteiger partial charge < -0.3 is 18.8 Å². The molecule has 1 aromatic carbocycles. The van der Waals surface area contributed by atoms with Gasteiger partial charge >= 0.3 is 0 Å². The van der Waals surface area contributed by atoms with Crippen LogP contribution < -0.4 is 9.47 Å². The first-order valence-electron chi connectivity index (χ1n) is 9.44. The van der Waals surface area contributed by atoms with Gasteiger partial charge in [-0.3, -0.25) is 4.90 Å². The van der Waals surface area contributed by atoms with Crippen molar-refractivity contribution in [1.29, 1.82) is 0 Å². The van der Waals surface area contributed by atoms with Gasteiger partial charge in [0.05, 0.1) is 18.6 Å². The van der Waals surface area contributed by atoms with E-state index < -0.39 is 0 Å². The van der Waals surface area contributed by atoms with Crippen molar-refractivity contribution >= 4 is 0 Å². The van der Waals surface area contributed by atoms with Crippen molar-refractivity contribution in [2.24, 2.45) is 0 Å². The minimum Gasteiger partial charge on any atom is -0.454 e. The normalized spacial score (nSPS) is 16.7. The van der Waals surface area contributed by atoms with Gasteiger partial charge in [-0.15, -0.1) is 0 Å². The predicted molar refractivity (Wildman–Crippen MR) is 98.2 cm³/mol. The van der Waals surface area contributed by atoms with E-state index in [0.717, 1.165) is 31.1 Å². The molecule has 140 valence electrons. The second-order valence-electron chi connectivity index (χ2n) is 7.10. The summed E-state index contributed by atoms with van der Waals surface area (Å²) in [4.78, 5) is 6.94. The van der Waals surface area contributed by atoms with Crippen LogP contribution in [-0.2, 0) is 24.4 Å². The van der Waals surface area contributed by atoms with E-state index in [1.807, 2.05) is 18.6 Å². The van der Waals surface area contributed by atoms with Crippen molar-refractivity contribution in [2.45, 2.75) is 51.4 Å². The van der Waals surface area contributed by atoms with Crippen LogP contribution in [0.5, 0.6) is 11.5 Å². The Morgan fingerprint density at radius 1 is 1.19 bits per heavy atom. The minimum absolute atomic E-state index is 0.323. The fraction of sp³-hybridized carbons (Fsp3) is 0.550. The molecule has 0 radical (unpaired) electrons. The highest BCUT2D eigenvalue weighted by Gasteiger charge is 2.24. The summed E-state index contributed by atoms with van der Waals surface area (Å²) < 4.78 is 18.4. The van der Waals surface area contributed by atoms with Crippen molar-refractivity contribution < 1.29 is 14.2 Å². The summed E-state index contributed by atoms with van der Waals surface area (Å²) in [5.41, 5.74) is 2.51. The van der Waals surface area contributed by atoms with Gasteiger partial charge in [-0.1, -0.05) is 18.9 Å². The molecular formula is C20H27N3O3. The lowest BCUT2D eigenvalue weighted by Gasteiger charge is -2.29. The highest BCUT2D eigenvalue weighted by Crippen LogP contribution is 2.34. The number of imidazole rings is 1. The molecule has 1 saturated carbocycles. The maximum atomic E-state index is 5.55. The van der Waals surface area contributed by atoms with Crippen molar-refractivity contribution in [3.05, 3.63) is 42.0 Å². The summed E-state index contributed by atoms with van der Waals surface area (Å²) >= 11 is 0. The zero-order valence-corrected chi connectivity index (χ0v) is 15.4. The summed E-state index contributed by atoms with van der Waals surface area (Å²) in [7, 11) is 1.74. The van der Waals surface area contributed by atoms with E-state index >= 15 is 0 Å². The molecule has 6 heteroatoms. The van der Waals surface area contributed by atoms with E-state index in [2.05, 4.69) is 26.6 Å². The summed E-state index contributed by atoms with van der Waals surface area (Å²) in [5, 5.41) is 0. The largest absolute Gasteiger partial charge is 0.454 e. The van der Waals surface area contributed by atoms with Gasteiger partial charge in [0.1, 0.15) is 0 Å². The van der Waals surface area contributed by atoms with Gasteiger partial charge in [-0.25, -0.2) is 4.98 Å². The Morgan fingerprint density at radius 2 is 2.04 bits per heavy atom. The van der Waals surface area contributed by atoms with Crippen molar-refractivity contribution in [3.8, 4) is 11.5 Å². The van der Waals surface area contributed by atoms with Gasteiger partial charge in [-0.05, 0) is 30.5 Å². The van der Waals surface area contributed by atoms with Crippen molar-refractivity contribution in [1.82, 2.24) is 14.5 Å². The summed E-state index contributed by atoms with van der Waals surface area (Å²) in [6.07, 6.45) is 9.09. The lowest BCUT2D eigenvalue weighted by Crippen LogP contribution is -2.33. The molecular weight excluding hydrogens is 330 g/mol. The van der Waals surface area contributed by atoms with Gasteiger partial charge in [0, 0.05) is 39.0 Å². The van der Waals surface area contributed by atoms with Crippen molar-refractivity contribution in [2.75, 3.05) is 20.5 Å². The number of ether oxygens (including phenoxy) is 3. The molecule has 0 atom stereocenters. The molecule has 2 aromatic rings. The first-order chi connectivity index (χ1) is 12.8. The molecule has 2 aliphatic rings. The number of hydrogen-bond acceptors (Lipinski definition) is 5. The van der Waals surface area contributed by atoms with Crippen LogP contribution in [-0.4, -0.2) is 41.0 Å². The van der Waals surface area contributed by atoms with Crippen LogP contribution in [0.2, 0.25) is 0 Å². The number of fused-ring (bicyclic) bond motifs is 1. The van der Waals surface area contributed by atoms with E-state index in [-0.39, 0.29) is 0 Å². The van der Waals surface area contributed by atoms with Gasteiger partial charge in [0.2, 0.25) is 6.79 Å². The molecule has 0 bridgehead atoms. The Balaban J connectivity index is 1.50. The molecule has 0 spiro atoms. The molecule has 1 aliphatic heterocycles. The molecule has 2 heterocycles. The van der Waals surface area contributed by atoms with E-state index in [0.29, 0.717) is 19.4 Å². The molecule has 0 saturated heterocycles. The first kappa shape index (κ1) is 17.4. The smallest absolute Gasteiger partial charge is 0.231 e. The Morgan fingerprint density at radius 3 is 2.88 bits per heavy atom. The first-order valence-corrected chi connectivity index (χ1v) is 9.44. The lowest BCUT2D eigenvalue weighted by atomic mass is 10.1. The van der Waals surface area contributed by atoms with Crippen LogP contribution in [0.15, 0.2) is 30.7 Å². The standard InChI is InChI=1S/C20H27N3O3/c1-24-9-8-22-14-21-11-18(22)13-23(17-4-2-3-5-17)12-16-6-7-19-20(10-16)26-15-25-19/h6-7,10-11,14,17H,2-5,8-9,12-13,15H2,1H3. The number of rotatable bonds is 8. The van der Waals surface area contributed by atoms with E-state index in [1.54, 1.807) is 7.11 Å². The minimum atomic E-state index is 0.323. The van der Waals surface area contributed by atoms with E-state index in [4.69, 9.17) is 14.2 Å². The van der Waals surface area contributed by atoms with Crippen LogP contribution in [0.4, 0.5) is 0 Å². The third-order valence-corrected chi connectivity index (χ3v) is 5.36. The average Bonchev–Trinajstić information content (AvgIpc) is 3.40. The molecule has 0 amide bonds. The zero-order valence-electron chi connectivity index (χ0n) is 15.4. The number of aromatic nitrogens is 2. The molecule has 1 aromatic heterocycles. The van der Waals surface area contributed by atoms with Gasteiger partial charge in [0.15, 0.2) is 11.5 Å². The molecule has 0 unspecified atom stereocenters. The molecule has 6 nitrogen and oxygen atoms in total. The molecule has 1 fully saturated rings. The zero-order chi connectivity index (χ0) is 17.8. The van der Waals surface area contributed by atoms with E-state index in [9.17, 15) is 0 Å². The second kappa shape index (κ2) is 8.10. The third-order valence-electron chi connectivity index (χ3n) is 5.36. The monoisotopic (exact) mass is 357 g/mol. The fourth-order valence-electron chi connectivity index (χ4n) is 3.94. The topological polar surface area (TPSA) is 48.8 Å². The molecule has 4 rings (SSSR count). The Bertz CT molecular complexity index is 725. The van der Waals surface area contributed by atoms with Gasteiger partial charge in [-0.2, -0.15) is 0 Å². The summed E-state index contributed by atoms with van der Waals surface area (Å²) in [6, 6.07) is 6.92. The predicted octanol–water partition coefficient (Wildman–Crippen LogP) is 3.20. The highest BCUT2D eigenvalue weighted by molar-refractivity contribution is 5.44. The van der Waals surface area contributed by atoms with Gasteiger partial charge in [0.25, 0.3) is 0 Å². The second-order valence-corrected chi connectivity index (χ2v) is 7.10. The fourth-order valence-corrected chi connectivity index (χ4v) is 3.94. The van der Waals surface area contributed by atoms with Crippen LogP contribution in [0, 0.1) is 0 Å². The highest BCUT2D eigenvalue weighted by atomic mass is 16.7. The Labute approximate surface area is 154 Å². The maximum absolute atomic E-state index is 5.55. The van der Waals surface area contributed by atoms with Crippen LogP contribution in [0.1, 0.15) is 36.9 Å². The van der Waals surface area contributed by atoms with Crippen LogP contribution in [0.25, 0.3) is 0 Å². The molecule has 1 aliphatic carbocycles. The number of nitrogens with zero attached hydrogens (tertiary/aromatic N) is 3. The van der Waals surface area contributed by atoms with Crippen molar-refractivity contribution in [3.63, 3.8) is 0 Å². The lowest BCUT2D eigenvalue weighted by molar-refractivity contribution is 0.167. The molecule has 26 heavy (non-hydrogen) atoms. The maximum Gasteiger partial charge on any atom is 0.231 e. The average molecular weight is 357 g/mol. The number of hydrogen-bond donors (Lipinski definition) is 0. The Kier molecular flexibility index (Phi) is 5.41. The van der Waals surface area contributed by atoms with Crippen LogP contribution >= 0.6 is 0 Å². The Hall–Kier alpha value is -2.05. The third kappa shape index (κ3) is 3.86. The SMILES string of the molecule is COCCn1cncc1CN(Cc1ccc2c(c1)OCO2)C1CCCC1. The quantitative estimate of drug-likeness (QED) is 0.726. The summed E-state index contributed by atoms with van der Waals surface area (Å²) in [6.45, 7) is 3.69. The van der Waals surface area contributed by atoms with E-state index in [1.165, 1.54) is 36.9 Å².